The molecule has 5 heteroatoms. The van der Waals surface area contributed by atoms with Crippen LogP contribution in [-0.4, -0.2) is 60.5 Å². The second-order valence-corrected chi connectivity index (χ2v) is 7.64. The van der Waals surface area contributed by atoms with Crippen LogP contribution in [0.5, 0.6) is 5.75 Å². The van der Waals surface area contributed by atoms with Crippen LogP contribution < -0.4 is 4.74 Å². The molecule has 4 rings (SSSR count). The Bertz CT molecular complexity index is 957. The predicted molar refractivity (Wildman–Crippen MR) is 116 cm³/mol. The highest BCUT2D eigenvalue weighted by molar-refractivity contribution is 5.83. The van der Waals surface area contributed by atoms with Gasteiger partial charge in [0.2, 0.25) is 5.91 Å². The fourth-order valence-electron chi connectivity index (χ4n) is 4.15. The van der Waals surface area contributed by atoms with Crippen LogP contribution >= 0.6 is 0 Å². The van der Waals surface area contributed by atoms with Crippen LogP contribution in [0.25, 0.3) is 10.9 Å². The number of carbonyl (C=O) groups is 1. The standard InChI is InChI=1S/C24H29N3O2/c1-29-23-9-5-2-6-19(23)10-11-24(28)27-16-14-26(15-17-27)13-12-20-18-25-22-8-4-3-7-21(20)22/h2-9,18,25H,10-17H2,1H3. The summed E-state index contributed by atoms with van der Waals surface area (Å²) < 4.78 is 5.39. The van der Waals surface area contributed by atoms with Crippen molar-refractivity contribution in [3.8, 4) is 5.75 Å². The zero-order valence-corrected chi connectivity index (χ0v) is 17.1. The zero-order valence-electron chi connectivity index (χ0n) is 17.1. The van der Waals surface area contributed by atoms with E-state index in [-0.39, 0.29) is 5.91 Å². The molecule has 152 valence electrons. The molecule has 1 aliphatic rings. The van der Waals surface area contributed by atoms with E-state index in [4.69, 9.17) is 4.74 Å². The zero-order chi connectivity index (χ0) is 20.1. The molecule has 0 saturated carbocycles. The molecular formula is C24H29N3O2. The van der Waals surface area contributed by atoms with Crippen LogP contribution in [0.1, 0.15) is 17.5 Å². The molecule has 0 radical (unpaired) electrons. The van der Waals surface area contributed by atoms with Crippen LogP contribution in [0.15, 0.2) is 54.7 Å². The van der Waals surface area contributed by atoms with Crippen LogP contribution in [0.4, 0.5) is 0 Å². The fourth-order valence-corrected chi connectivity index (χ4v) is 4.15. The third-order valence-corrected chi connectivity index (χ3v) is 5.90. The Hall–Kier alpha value is -2.79. The van der Waals surface area contributed by atoms with Crippen molar-refractivity contribution in [2.24, 2.45) is 0 Å². The quantitative estimate of drug-likeness (QED) is 0.671. The van der Waals surface area contributed by atoms with Crippen molar-refractivity contribution < 1.29 is 9.53 Å². The van der Waals surface area contributed by atoms with E-state index in [0.717, 1.165) is 56.9 Å². The van der Waals surface area contributed by atoms with Gasteiger partial charge >= 0.3 is 0 Å². The monoisotopic (exact) mass is 391 g/mol. The van der Waals surface area contributed by atoms with E-state index in [2.05, 4.69) is 40.3 Å². The number of aromatic nitrogens is 1. The molecule has 1 aliphatic heterocycles. The summed E-state index contributed by atoms with van der Waals surface area (Å²) in [7, 11) is 1.68. The lowest BCUT2D eigenvalue weighted by Crippen LogP contribution is -2.49. The molecule has 0 spiro atoms. The summed E-state index contributed by atoms with van der Waals surface area (Å²) >= 11 is 0. The Morgan fingerprint density at radius 3 is 2.55 bits per heavy atom. The van der Waals surface area contributed by atoms with Crippen LogP contribution in [-0.2, 0) is 17.6 Å². The number of amides is 1. The van der Waals surface area contributed by atoms with Crippen molar-refractivity contribution in [3.63, 3.8) is 0 Å². The molecule has 1 fully saturated rings. The largest absolute Gasteiger partial charge is 0.496 e. The van der Waals surface area contributed by atoms with Gasteiger partial charge in [0.1, 0.15) is 5.75 Å². The van der Waals surface area contributed by atoms with Gasteiger partial charge in [-0.2, -0.15) is 0 Å². The first kappa shape index (κ1) is 19.5. The number of fused-ring (bicyclic) bond motifs is 1. The Morgan fingerprint density at radius 1 is 0.966 bits per heavy atom. The summed E-state index contributed by atoms with van der Waals surface area (Å²) in [6.45, 7) is 4.56. The van der Waals surface area contributed by atoms with Crippen molar-refractivity contribution in [1.29, 1.82) is 0 Å². The first-order chi connectivity index (χ1) is 14.2. The first-order valence-corrected chi connectivity index (χ1v) is 10.4. The molecule has 0 atom stereocenters. The van der Waals surface area contributed by atoms with Gasteiger partial charge in [0.15, 0.2) is 0 Å². The molecule has 1 saturated heterocycles. The maximum atomic E-state index is 12.6. The third kappa shape index (κ3) is 4.62. The number of nitrogens with one attached hydrogen (secondary N) is 1. The molecule has 0 bridgehead atoms. The first-order valence-electron chi connectivity index (χ1n) is 10.4. The number of aryl methyl sites for hydroxylation is 1. The summed E-state index contributed by atoms with van der Waals surface area (Å²) in [5, 5.41) is 1.32. The van der Waals surface area contributed by atoms with Gasteiger partial charge in [0, 0.05) is 56.2 Å². The van der Waals surface area contributed by atoms with E-state index in [1.807, 2.05) is 29.2 Å². The topological polar surface area (TPSA) is 48.6 Å². The molecule has 2 aromatic carbocycles. The molecule has 1 amide bonds. The highest BCUT2D eigenvalue weighted by Gasteiger charge is 2.21. The Balaban J connectivity index is 1.23. The second kappa shape index (κ2) is 9.14. The van der Waals surface area contributed by atoms with Gasteiger partial charge in [-0.25, -0.2) is 0 Å². The number of aromatic amines is 1. The van der Waals surface area contributed by atoms with E-state index in [0.29, 0.717) is 6.42 Å². The molecule has 1 N–H and O–H groups in total. The van der Waals surface area contributed by atoms with Crippen molar-refractivity contribution in [1.82, 2.24) is 14.8 Å². The summed E-state index contributed by atoms with van der Waals surface area (Å²) in [4.78, 5) is 20.5. The Kier molecular flexibility index (Phi) is 6.15. The molecule has 0 unspecified atom stereocenters. The van der Waals surface area contributed by atoms with Gasteiger partial charge in [-0.3, -0.25) is 9.69 Å². The number of hydrogen-bond acceptors (Lipinski definition) is 3. The highest BCUT2D eigenvalue weighted by atomic mass is 16.5. The van der Waals surface area contributed by atoms with Crippen LogP contribution in [0.2, 0.25) is 0 Å². The average molecular weight is 392 g/mol. The molecule has 2 heterocycles. The maximum absolute atomic E-state index is 12.6. The minimum absolute atomic E-state index is 0.243. The number of benzene rings is 2. The number of piperazine rings is 1. The SMILES string of the molecule is COc1ccccc1CCC(=O)N1CCN(CCc2c[nH]c3ccccc23)CC1. The van der Waals surface area contributed by atoms with Gasteiger partial charge in [0.25, 0.3) is 0 Å². The number of ether oxygens (including phenoxy) is 1. The Morgan fingerprint density at radius 2 is 1.72 bits per heavy atom. The normalized spacial score (nSPS) is 15.0. The lowest BCUT2D eigenvalue weighted by atomic mass is 10.1. The highest BCUT2D eigenvalue weighted by Crippen LogP contribution is 2.20. The van der Waals surface area contributed by atoms with Gasteiger partial charge < -0.3 is 14.6 Å². The van der Waals surface area contributed by atoms with E-state index in [9.17, 15) is 4.79 Å². The van der Waals surface area contributed by atoms with E-state index < -0.39 is 0 Å². The third-order valence-electron chi connectivity index (χ3n) is 5.90. The van der Waals surface area contributed by atoms with Crippen molar-refractivity contribution in [3.05, 3.63) is 65.9 Å². The lowest BCUT2D eigenvalue weighted by molar-refractivity contribution is -0.132. The number of H-pyrrole nitrogens is 1. The van der Waals surface area contributed by atoms with Crippen molar-refractivity contribution >= 4 is 16.8 Å². The molecule has 3 aromatic rings. The fraction of sp³-hybridized carbons (Fsp3) is 0.375. The number of methoxy groups -OCH3 is 1. The summed E-state index contributed by atoms with van der Waals surface area (Å²) in [6.07, 6.45) is 4.42. The molecular weight excluding hydrogens is 362 g/mol. The summed E-state index contributed by atoms with van der Waals surface area (Å²) in [5.74, 6) is 1.11. The van der Waals surface area contributed by atoms with E-state index in [1.165, 1.54) is 16.5 Å². The molecule has 5 nitrogen and oxygen atoms in total. The van der Waals surface area contributed by atoms with Crippen LogP contribution in [0.3, 0.4) is 0 Å². The predicted octanol–water partition coefficient (Wildman–Crippen LogP) is 3.50. The van der Waals surface area contributed by atoms with Crippen molar-refractivity contribution in [2.45, 2.75) is 19.3 Å². The average Bonchev–Trinajstić information content (AvgIpc) is 3.19. The maximum Gasteiger partial charge on any atom is 0.222 e. The Labute approximate surface area is 172 Å². The second-order valence-electron chi connectivity index (χ2n) is 7.64. The van der Waals surface area contributed by atoms with E-state index in [1.54, 1.807) is 7.11 Å². The molecule has 29 heavy (non-hydrogen) atoms. The minimum Gasteiger partial charge on any atom is -0.496 e. The van der Waals surface area contributed by atoms with Gasteiger partial charge in [0.05, 0.1) is 7.11 Å². The van der Waals surface area contributed by atoms with Gasteiger partial charge in [-0.15, -0.1) is 0 Å². The van der Waals surface area contributed by atoms with E-state index >= 15 is 0 Å². The van der Waals surface area contributed by atoms with Gasteiger partial charge in [-0.1, -0.05) is 36.4 Å². The number of rotatable bonds is 7. The number of hydrogen-bond donors (Lipinski definition) is 1. The number of para-hydroxylation sites is 2. The van der Waals surface area contributed by atoms with Crippen LogP contribution in [0, 0.1) is 0 Å². The summed E-state index contributed by atoms with van der Waals surface area (Å²) in [6, 6.07) is 16.4. The number of carbonyl (C=O) groups excluding carboxylic acids is 1. The summed E-state index contributed by atoms with van der Waals surface area (Å²) in [5.41, 5.74) is 3.67. The smallest absolute Gasteiger partial charge is 0.222 e. The molecule has 1 aromatic heterocycles. The van der Waals surface area contributed by atoms with Gasteiger partial charge in [-0.05, 0) is 36.1 Å². The molecule has 0 aliphatic carbocycles. The lowest BCUT2D eigenvalue weighted by Gasteiger charge is -2.34. The number of nitrogens with zero attached hydrogens (tertiary/aromatic N) is 2. The minimum atomic E-state index is 0.243. The van der Waals surface area contributed by atoms with Crippen molar-refractivity contribution in [2.75, 3.05) is 39.8 Å².